The van der Waals surface area contributed by atoms with Gasteiger partial charge < -0.3 is 19.3 Å². The van der Waals surface area contributed by atoms with Gasteiger partial charge in [0.15, 0.2) is 6.10 Å². The van der Waals surface area contributed by atoms with Crippen LogP contribution in [0.3, 0.4) is 0 Å². The molecule has 0 amide bonds. The number of unbranched alkanes of at least 4 members (excludes halogenated alkanes) is 14. The van der Waals surface area contributed by atoms with Gasteiger partial charge in [0, 0.05) is 6.42 Å². The quantitative estimate of drug-likeness (QED) is 0.0301. The summed E-state index contributed by atoms with van der Waals surface area (Å²) in [7, 11) is -4.77. The van der Waals surface area contributed by atoms with Crippen LogP contribution in [-0.2, 0) is 28.2 Å². The smallest absolute Gasteiger partial charge is 0.462 e. The molecule has 0 aromatic carbocycles. The fourth-order valence-corrected chi connectivity index (χ4v) is 5.22. The summed E-state index contributed by atoms with van der Waals surface area (Å²) >= 11 is 0. The van der Waals surface area contributed by atoms with Gasteiger partial charge in [-0.3, -0.25) is 14.1 Å². The molecular formula is C39H67O8P. The first kappa shape index (κ1) is 45.8. The van der Waals surface area contributed by atoms with Crippen LogP contribution < -0.4 is 0 Å². The molecule has 0 aliphatic carbocycles. The predicted octanol–water partition coefficient (Wildman–Crippen LogP) is 11.0. The molecular weight excluding hydrogens is 627 g/mol. The average molecular weight is 695 g/mol. The molecule has 8 nitrogen and oxygen atoms in total. The van der Waals surface area contributed by atoms with Gasteiger partial charge in [0.1, 0.15) is 6.61 Å². The molecule has 0 radical (unpaired) electrons. The summed E-state index contributed by atoms with van der Waals surface area (Å²) in [6.07, 6.45) is 42.5. The monoisotopic (exact) mass is 694 g/mol. The molecule has 0 aliphatic rings. The van der Waals surface area contributed by atoms with Crippen molar-refractivity contribution in [1.82, 2.24) is 0 Å². The minimum atomic E-state index is -4.77. The summed E-state index contributed by atoms with van der Waals surface area (Å²) in [5, 5.41) is 0. The lowest BCUT2D eigenvalue weighted by atomic mass is 10.0. The molecule has 0 spiro atoms. The van der Waals surface area contributed by atoms with Gasteiger partial charge in [-0.1, -0.05) is 164 Å². The number of phosphoric acid groups is 1. The van der Waals surface area contributed by atoms with E-state index in [2.05, 4.69) is 60.9 Å². The standard InChI is InChI=1S/C39H67O8P/c1-3-5-7-9-11-13-15-17-19-21-23-25-27-29-31-33-38(40)45-35-37(36-46-48(42,43)44)47-39(41)34-32-30-28-26-24-22-20-18-16-14-12-10-8-6-4-2/h6,8,12,14,18,20,24,26,30,32,37H,3-5,7,9-11,13,15-17,19,21-23,25,27-29,31,33-36H2,1-2H3,(H2,42,43,44)/b8-6-,14-12-,20-18-,26-24-,32-30-. The van der Waals surface area contributed by atoms with E-state index < -0.39 is 32.5 Å². The SMILES string of the molecule is CC/C=C\C/C=C\C/C=C\C/C=C\C/C=C\CC(=O)OC(COC(=O)CCCCCCCCCCCCCCCCC)COP(=O)(O)O. The van der Waals surface area contributed by atoms with Crippen LogP contribution in [0.5, 0.6) is 0 Å². The largest absolute Gasteiger partial charge is 0.469 e. The van der Waals surface area contributed by atoms with Crippen molar-refractivity contribution >= 4 is 19.8 Å². The first-order valence-electron chi connectivity index (χ1n) is 18.6. The van der Waals surface area contributed by atoms with Crippen LogP contribution in [-0.4, -0.2) is 41.0 Å². The topological polar surface area (TPSA) is 119 Å². The predicted molar refractivity (Wildman–Crippen MR) is 197 cm³/mol. The Bertz CT molecular complexity index is 963. The zero-order valence-corrected chi connectivity index (χ0v) is 31.0. The van der Waals surface area contributed by atoms with Crippen LogP contribution in [0.1, 0.15) is 155 Å². The fraction of sp³-hybridized carbons (Fsp3) is 0.692. The van der Waals surface area contributed by atoms with Gasteiger partial charge in [0.05, 0.1) is 13.0 Å². The Labute approximate surface area is 292 Å². The van der Waals surface area contributed by atoms with Gasteiger partial charge in [-0.05, 0) is 38.5 Å². The first-order chi connectivity index (χ1) is 23.3. The highest BCUT2D eigenvalue weighted by atomic mass is 31.2. The first-order valence-corrected chi connectivity index (χ1v) is 20.1. The molecule has 48 heavy (non-hydrogen) atoms. The van der Waals surface area contributed by atoms with E-state index >= 15 is 0 Å². The second-order valence-electron chi connectivity index (χ2n) is 12.2. The van der Waals surface area contributed by atoms with Crippen molar-refractivity contribution in [3.05, 3.63) is 60.8 Å². The minimum absolute atomic E-state index is 0.0208. The summed E-state index contributed by atoms with van der Waals surface area (Å²) in [5.41, 5.74) is 0. The third-order valence-corrected chi connectivity index (χ3v) is 8.07. The zero-order chi connectivity index (χ0) is 35.4. The zero-order valence-electron chi connectivity index (χ0n) is 30.1. The molecule has 0 rings (SSSR count). The number of allylic oxidation sites excluding steroid dienone is 9. The number of carbonyl (C=O) groups is 2. The molecule has 276 valence electrons. The molecule has 9 heteroatoms. The van der Waals surface area contributed by atoms with Gasteiger partial charge in [0.2, 0.25) is 0 Å². The molecule has 0 bridgehead atoms. The molecule has 1 unspecified atom stereocenters. The molecule has 0 aliphatic heterocycles. The van der Waals surface area contributed by atoms with Crippen molar-refractivity contribution in [1.29, 1.82) is 0 Å². The molecule has 0 aromatic heterocycles. The van der Waals surface area contributed by atoms with Gasteiger partial charge in [-0.25, -0.2) is 4.57 Å². The van der Waals surface area contributed by atoms with Crippen LogP contribution in [0.15, 0.2) is 60.8 Å². The van der Waals surface area contributed by atoms with E-state index in [4.69, 9.17) is 19.3 Å². The van der Waals surface area contributed by atoms with Crippen molar-refractivity contribution in [3.63, 3.8) is 0 Å². The molecule has 0 saturated heterocycles. The van der Waals surface area contributed by atoms with E-state index in [1.54, 1.807) is 6.08 Å². The second-order valence-corrected chi connectivity index (χ2v) is 13.4. The molecule has 2 N–H and O–H groups in total. The summed E-state index contributed by atoms with van der Waals surface area (Å²) in [5.74, 6) is -1.03. The maximum Gasteiger partial charge on any atom is 0.469 e. The van der Waals surface area contributed by atoms with Gasteiger partial charge in [-0.2, -0.15) is 0 Å². The molecule has 0 saturated carbocycles. The summed E-state index contributed by atoms with van der Waals surface area (Å²) < 4.78 is 26.2. The van der Waals surface area contributed by atoms with Crippen molar-refractivity contribution < 1.29 is 37.9 Å². The lowest BCUT2D eigenvalue weighted by Crippen LogP contribution is -2.29. The average Bonchev–Trinajstić information content (AvgIpc) is 3.05. The lowest BCUT2D eigenvalue weighted by molar-refractivity contribution is -0.160. The number of carbonyl (C=O) groups excluding carboxylic acids is 2. The van der Waals surface area contributed by atoms with Crippen LogP contribution >= 0.6 is 7.82 Å². The van der Waals surface area contributed by atoms with Crippen molar-refractivity contribution in [2.75, 3.05) is 13.2 Å². The maximum atomic E-state index is 12.3. The Balaban J connectivity index is 4.10. The van der Waals surface area contributed by atoms with E-state index in [1.165, 1.54) is 77.0 Å². The van der Waals surface area contributed by atoms with Crippen LogP contribution in [0.4, 0.5) is 0 Å². The normalized spacial score (nSPS) is 13.2. The number of rotatable bonds is 33. The van der Waals surface area contributed by atoms with E-state index in [1.807, 2.05) is 12.2 Å². The maximum absolute atomic E-state index is 12.3. The van der Waals surface area contributed by atoms with Crippen LogP contribution in [0.25, 0.3) is 0 Å². The number of phosphoric ester groups is 1. The summed E-state index contributed by atoms with van der Waals surface area (Å²) in [6.45, 7) is 3.47. The summed E-state index contributed by atoms with van der Waals surface area (Å²) in [6, 6.07) is 0. The Morgan fingerprint density at radius 2 is 0.979 bits per heavy atom. The van der Waals surface area contributed by atoms with E-state index in [9.17, 15) is 14.2 Å². The Hall–Kier alpha value is -2.25. The minimum Gasteiger partial charge on any atom is -0.462 e. The lowest BCUT2D eigenvalue weighted by Gasteiger charge is -2.18. The molecule has 0 fully saturated rings. The third-order valence-electron chi connectivity index (χ3n) is 7.58. The fourth-order valence-electron chi connectivity index (χ4n) is 4.86. The Morgan fingerprint density at radius 3 is 1.42 bits per heavy atom. The Morgan fingerprint density at radius 1 is 0.562 bits per heavy atom. The van der Waals surface area contributed by atoms with Crippen molar-refractivity contribution in [3.8, 4) is 0 Å². The van der Waals surface area contributed by atoms with Gasteiger partial charge in [0.25, 0.3) is 0 Å². The van der Waals surface area contributed by atoms with Crippen LogP contribution in [0.2, 0.25) is 0 Å². The molecule has 0 heterocycles. The highest BCUT2D eigenvalue weighted by Crippen LogP contribution is 2.35. The second kappa shape index (κ2) is 34.6. The van der Waals surface area contributed by atoms with Crippen molar-refractivity contribution in [2.24, 2.45) is 0 Å². The van der Waals surface area contributed by atoms with E-state index in [0.29, 0.717) is 12.8 Å². The van der Waals surface area contributed by atoms with Crippen LogP contribution in [0, 0.1) is 0 Å². The molecule has 0 aromatic rings. The number of ether oxygens (including phenoxy) is 2. The summed E-state index contributed by atoms with van der Waals surface area (Å²) in [4.78, 5) is 42.6. The molecule has 1 atom stereocenters. The highest BCUT2D eigenvalue weighted by molar-refractivity contribution is 7.46. The number of hydrogen-bond donors (Lipinski definition) is 2. The van der Waals surface area contributed by atoms with E-state index in [-0.39, 0.29) is 19.4 Å². The number of esters is 2. The van der Waals surface area contributed by atoms with Gasteiger partial charge >= 0.3 is 19.8 Å². The third kappa shape index (κ3) is 36.6. The van der Waals surface area contributed by atoms with Gasteiger partial charge in [-0.15, -0.1) is 0 Å². The van der Waals surface area contributed by atoms with E-state index in [0.717, 1.165) is 38.5 Å². The number of hydrogen-bond acceptors (Lipinski definition) is 6. The highest BCUT2D eigenvalue weighted by Gasteiger charge is 2.22. The van der Waals surface area contributed by atoms with Crippen molar-refractivity contribution in [2.45, 2.75) is 161 Å². The Kier molecular flexibility index (Phi) is 33.0.